The van der Waals surface area contributed by atoms with Crippen molar-refractivity contribution in [3.8, 4) is 0 Å². The fraction of sp³-hybridized carbons (Fsp3) is 0.400. The summed E-state index contributed by atoms with van der Waals surface area (Å²) in [5.74, 6) is -0.303. The van der Waals surface area contributed by atoms with Gasteiger partial charge in [-0.1, -0.05) is 42.5 Å². The third kappa shape index (κ3) is 3.22. The van der Waals surface area contributed by atoms with Gasteiger partial charge in [0, 0.05) is 12.1 Å². The number of Topliss-reactive ketones (excluding diaryl/α,β-unsaturated/α-hetero) is 1. The van der Waals surface area contributed by atoms with Crippen LogP contribution in [0.3, 0.4) is 0 Å². The number of hydrogen-bond acceptors (Lipinski definition) is 4. The van der Waals surface area contributed by atoms with Gasteiger partial charge in [0.05, 0.1) is 18.5 Å². The quantitative estimate of drug-likeness (QED) is 0.483. The van der Waals surface area contributed by atoms with Gasteiger partial charge in [-0.3, -0.25) is 4.79 Å². The standard InChI is InChI=1S/C15H17NO3S/c1-19-15(18)12-8-5-9-16(12)14(20)10-13(17)11-6-3-2-4-7-11/h2-4,6-7,12H,5,8-10H2,1H3/t12-/m0/s1. The van der Waals surface area contributed by atoms with Crippen LogP contribution in [0.15, 0.2) is 30.3 Å². The fourth-order valence-corrected chi connectivity index (χ4v) is 2.76. The Balaban J connectivity index is 2.01. The largest absolute Gasteiger partial charge is 0.467 e. The summed E-state index contributed by atoms with van der Waals surface area (Å²) in [5.41, 5.74) is 0.642. The van der Waals surface area contributed by atoms with Gasteiger partial charge < -0.3 is 9.64 Å². The van der Waals surface area contributed by atoms with Gasteiger partial charge in [-0.15, -0.1) is 0 Å². The van der Waals surface area contributed by atoms with E-state index < -0.39 is 0 Å². The smallest absolute Gasteiger partial charge is 0.328 e. The molecule has 1 aliphatic heterocycles. The number of methoxy groups -OCH3 is 1. The first-order chi connectivity index (χ1) is 9.63. The number of nitrogens with zero attached hydrogens (tertiary/aromatic N) is 1. The van der Waals surface area contributed by atoms with Crippen LogP contribution in [-0.2, 0) is 9.53 Å². The molecule has 4 nitrogen and oxygen atoms in total. The number of carbonyl (C=O) groups is 2. The summed E-state index contributed by atoms with van der Waals surface area (Å²) < 4.78 is 4.78. The van der Waals surface area contributed by atoms with Crippen molar-refractivity contribution in [3.05, 3.63) is 35.9 Å². The number of ketones is 1. The molecule has 0 saturated carbocycles. The molecule has 2 rings (SSSR count). The minimum atomic E-state index is -0.337. The topological polar surface area (TPSA) is 46.6 Å². The van der Waals surface area contributed by atoms with Gasteiger partial charge in [0.15, 0.2) is 5.78 Å². The van der Waals surface area contributed by atoms with Gasteiger partial charge in [-0.25, -0.2) is 4.79 Å². The van der Waals surface area contributed by atoms with Crippen LogP contribution in [0.5, 0.6) is 0 Å². The lowest BCUT2D eigenvalue weighted by molar-refractivity contribution is -0.144. The second-order valence-electron chi connectivity index (χ2n) is 4.73. The minimum absolute atomic E-state index is 0.0221. The van der Waals surface area contributed by atoms with E-state index in [1.165, 1.54) is 7.11 Å². The van der Waals surface area contributed by atoms with E-state index in [0.29, 0.717) is 17.1 Å². The molecule has 0 N–H and O–H groups in total. The molecule has 0 spiro atoms. The molecular weight excluding hydrogens is 274 g/mol. The van der Waals surface area contributed by atoms with Crippen LogP contribution in [0, 0.1) is 0 Å². The van der Waals surface area contributed by atoms with Gasteiger partial charge >= 0.3 is 5.97 Å². The summed E-state index contributed by atoms with van der Waals surface area (Å²) >= 11 is 5.33. The summed E-state index contributed by atoms with van der Waals surface area (Å²) in [4.78, 5) is 26.1. The number of rotatable bonds is 4. The third-order valence-corrected chi connectivity index (χ3v) is 3.83. The number of esters is 1. The van der Waals surface area contributed by atoms with Gasteiger partial charge in [-0.2, -0.15) is 0 Å². The molecule has 0 bridgehead atoms. The summed E-state index contributed by atoms with van der Waals surface area (Å²) in [6.07, 6.45) is 1.78. The van der Waals surface area contributed by atoms with Gasteiger partial charge in [0.25, 0.3) is 0 Å². The molecule has 106 valence electrons. The van der Waals surface area contributed by atoms with E-state index in [1.807, 2.05) is 23.1 Å². The number of hydrogen-bond donors (Lipinski definition) is 0. The Morgan fingerprint density at radius 2 is 2.05 bits per heavy atom. The van der Waals surface area contributed by atoms with Crippen molar-refractivity contribution < 1.29 is 14.3 Å². The molecule has 0 amide bonds. The Morgan fingerprint density at radius 1 is 1.35 bits per heavy atom. The van der Waals surface area contributed by atoms with Crippen molar-refractivity contribution in [2.75, 3.05) is 13.7 Å². The Kier molecular flexibility index (Phi) is 4.84. The summed E-state index contributed by atoms with van der Waals surface area (Å²) in [5, 5.41) is 0. The zero-order chi connectivity index (χ0) is 14.5. The number of carbonyl (C=O) groups excluding carboxylic acids is 2. The molecule has 0 aromatic heterocycles. The molecule has 1 atom stereocenters. The van der Waals surface area contributed by atoms with E-state index in [0.717, 1.165) is 12.8 Å². The highest BCUT2D eigenvalue weighted by molar-refractivity contribution is 7.80. The van der Waals surface area contributed by atoms with Crippen LogP contribution in [0.2, 0.25) is 0 Å². The number of thiocarbonyl (C=S) groups is 1. The van der Waals surface area contributed by atoms with Crippen LogP contribution in [-0.4, -0.2) is 41.3 Å². The maximum atomic E-state index is 12.1. The minimum Gasteiger partial charge on any atom is -0.467 e. The Labute approximate surface area is 123 Å². The zero-order valence-electron chi connectivity index (χ0n) is 11.4. The first-order valence-corrected chi connectivity index (χ1v) is 7.00. The van der Waals surface area contributed by atoms with Crippen molar-refractivity contribution in [1.29, 1.82) is 0 Å². The highest BCUT2D eigenvalue weighted by Crippen LogP contribution is 2.21. The molecule has 1 saturated heterocycles. The van der Waals surface area contributed by atoms with Crippen LogP contribution in [0.4, 0.5) is 0 Å². The molecule has 1 heterocycles. The van der Waals surface area contributed by atoms with Crippen molar-refractivity contribution in [3.63, 3.8) is 0 Å². The lowest BCUT2D eigenvalue weighted by atomic mass is 10.1. The van der Waals surface area contributed by atoms with Crippen LogP contribution in [0.25, 0.3) is 0 Å². The van der Waals surface area contributed by atoms with Crippen molar-refractivity contribution in [2.45, 2.75) is 25.3 Å². The molecular formula is C15H17NO3S. The highest BCUT2D eigenvalue weighted by atomic mass is 32.1. The average Bonchev–Trinajstić information content (AvgIpc) is 2.96. The van der Waals surface area contributed by atoms with Gasteiger partial charge in [0.1, 0.15) is 6.04 Å². The average molecular weight is 291 g/mol. The predicted octanol–water partition coefficient (Wildman–Crippen LogP) is 2.22. The number of benzene rings is 1. The van der Waals surface area contributed by atoms with Crippen molar-refractivity contribution in [2.24, 2.45) is 0 Å². The molecule has 5 heteroatoms. The maximum Gasteiger partial charge on any atom is 0.328 e. The molecule has 1 aromatic carbocycles. The first kappa shape index (κ1) is 14.7. The van der Waals surface area contributed by atoms with E-state index in [1.54, 1.807) is 12.1 Å². The highest BCUT2D eigenvalue weighted by Gasteiger charge is 2.33. The van der Waals surface area contributed by atoms with E-state index in [-0.39, 0.29) is 24.2 Å². The molecule has 0 aliphatic carbocycles. The predicted molar refractivity (Wildman–Crippen MR) is 79.7 cm³/mol. The van der Waals surface area contributed by atoms with Gasteiger partial charge in [0.2, 0.25) is 0 Å². The SMILES string of the molecule is COC(=O)[C@@H]1CCCN1C(=S)CC(=O)c1ccccc1. The van der Waals surface area contributed by atoms with E-state index in [4.69, 9.17) is 17.0 Å². The second-order valence-corrected chi connectivity index (χ2v) is 5.21. The second kappa shape index (κ2) is 6.61. The lowest BCUT2D eigenvalue weighted by Crippen LogP contribution is -2.40. The van der Waals surface area contributed by atoms with E-state index in [9.17, 15) is 9.59 Å². The van der Waals surface area contributed by atoms with Crippen LogP contribution in [0.1, 0.15) is 29.6 Å². The summed E-state index contributed by atoms with van der Waals surface area (Å²) in [7, 11) is 1.37. The number of likely N-dealkylation sites (tertiary alicyclic amines) is 1. The molecule has 0 unspecified atom stereocenters. The van der Waals surface area contributed by atoms with Crippen molar-refractivity contribution >= 4 is 29.0 Å². The summed E-state index contributed by atoms with van der Waals surface area (Å²) in [6.45, 7) is 0.709. The van der Waals surface area contributed by atoms with Crippen LogP contribution < -0.4 is 0 Å². The first-order valence-electron chi connectivity index (χ1n) is 6.59. The zero-order valence-corrected chi connectivity index (χ0v) is 12.2. The van der Waals surface area contributed by atoms with Gasteiger partial charge in [-0.05, 0) is 12.8 Å². The molecule has 20 heavy (non-hydrogen) atoms. The summed E-state index contributed by atoms with van der Waals surface area (Å²) in [6, 6.07) is 8.71. The normalized spacial score (nSPS) is 17.9. The van der Waals surface area contributed by atoms with E-state index >= 15 is 0 Å². The molecule has 1 fully saturated rings. The molecule has 1 aliphatic rings. The Hall–Kier alpha value is -1.75. The third-order valence-electron chi connectivity index (χ3n) is 3.45. The Morgan fingerprint density at radius 3 is 2.70 bits per heavy atom. The Bertz CT molecular complexity index is 515. The van der Waals surface area contributed by atoms with E-state index in [2.05, 4.69) is 0 Å². The molecule has 1 aromatic rings. The molecule has 0 radical (unpaired) electrons. The number of ether oxygens (including phenoxy) is 1. The fourth-order valence-electron chi connectivity index (χ4n) is 2.41. The monoisotopic (exact) mass is 291 g/mol. The van der Waals surface area contributed by atoms with Crippen LogP contribution >= 0.6 is 12.2 Å². The lowest BCUT2D eigenvalue weighted by Gasteiger charge is -2.24. The van der Waals surface area contributed by atoms with Crippen molar-refractivity contribution in [1.82, 2.24) is 4.90 Å². The maximum absolute atomic E-state index is 12.1.